The highest BCUT2D eigenvalue weighted by molar-refractivity contribution is 4.75. The fraction of sp³-hybridized carbons (Fsp3) is 1.00. The molecule has 0 spiro atoms. The molecule has 102 valence electrons. The maximum absolute atomic E-state index is 3.53. The van der Waals surface area contributed by atoms with Gasteiger partial charge in [-0.3, -0.25) is 4.90 Å². The molecule has 1 saturated heterocycles. The van der Waals surface area contributed by atoms with Gasteiger partial charge in [0.05, 0.1) is 0 Å². The van der Waals surface area contributed by atoms with Crippen molar-refractivity contribution >= 4 is 0 Å². The van der Waals surface area contributed by atoms with Gasteiger partial charge in [-0.25, -0.2) is 0 Å². The Morgan fingerprint density at radius 2 is 2.06 bits per heavy atom. The molecule has 1 N–H and O–H groups in total. The maximum Gasteiger partial charge on any atom is 0.0194 e. The maximum atomic E-state index is 3.53. The minimum absolute atomic E-state index is 0.715. The highest BCUT2D eigenvalue weighted by Gasteiger charge is 2.18. The van der Waals surface area contributed by atoms with Crippen LogP contribution in [0.2, 0.25) is 0 Å². The Labute approximate surface area is 108 Å². The van der Waals surface area contributed by atoms with E-state index < -0.39 is 0 Å². The molecule has 1 fully saturated rings. The van der Waals surface area contributed by atoms with E-state index >= 15 is 0 Å². The van der Waals surface area contributed by atoms with Crippen LogP contribution in [0.15, 0.2) is 0 Å². The summed E-state index contributed by atoms with van der Waals surface area (Å²) in [5, 5.41) is 3.53. The van der Waals surface area contributed by atoms with Crippen molar-refractivity contribution < 1.29 is 0 Å². The quantitative estimate of drug-likeness (QED) is 0.713. The third kappa shape index (κ3) is 6.39. The summed E-state index contributed by atoms with van der Waals surface area (Å²) in [7, 11) is 2.24. The summed E-state index contributed by atoms with van der Waals surface area (Å²) in [5.74, 6) is 0.765. The van der Waals surface area contributed by atoms with E-state index in [-0.39, 0.29) is 0 Å². The van der Waals surface area contributed by atoms with Crippen molar-refractivity contribution in [2.45, 2.75) is 39.7 Å². The largest absolute Gasteiger partial charge is 0.316 e. The van der Waals surface area contributed by atoms with Gasteiger partial charge in [-0.15, -0.1) is 0 Å². The lowest BCUT2D eigenvalue weighted by Gasteiger charge is -2.27. The van der Waals surface area contributed by atoms with Crippen LogP contribution >= 0.6 is 0 Å². The summed E-state index contributed by atoms with van der Waals surface area (Å²) in [5.41, 5.74) is 0. The Morgan fingerprint density at radius 3 is 2.76 bits per heavy atom. The van der Waals surface area contributed by atoms with Gasteiger partial charge in [0.25, 0.3) is 0 Å². The standard InChI is InChI=1S/C14H31N3/c1-13(2)11-15-7-5-9-17-10-6-8-16(4)12-14(17)3/h13-15H,5-12H2,1-4H3. The molecule has 0 saturated carbocycles. The summed E-state index contributed by atoms with van der Waals surface area (Å²) in [6.07, 6.45) is 2.60. The molecule has 0 amide bonds. The first-order valence-electron chi connectivity index (χ1n) is 7.23. The molecule has 0 aliphatic carbocycles. The van der Waals surface area contributed by atoms with Gasteiger partial charge >= 0.3 is 0 Å². The van der Waals surface area contributed by atoms with E-state index in [1.165, 1.54) is 39.0 Å². The zero-order chi connectivity index (χ0) is 12.7. The summed E-state index contributed by atoms with van der Waals surface area (Å²) in [6.45, 7) is 14.2. The first-order valence-corrected chi connectivity index (χ1v) is 7.23. The molecule has 1 heterocycles. The van der Waals surface area contributed by atoms with E-state index in [1.54, 1.807) is 0 Å². The molecule has 17 heavy (non-hydrogen) atoms. The number of hydrogen-bond donors (Lipinski definition) is 1. The van der Waals surface area contributed by atoms with E-state index in [1.807, 2.05) is 0 Å². The van der Waals surface area contributed by atoms with Gasteiger partial charge in [-0.05, 0) is 65.5 Å². The zero-order valence-corrected chi connectivity index (χ0v) is 12.2. The summed E-state index contributed by atoms with van der Waals surface area (Å²) < 4.78 is 0. The van der Waals surface area contributed by atoms with E-state index in [0.717, 1.165) is 19.0 Å². The van der Waals surface area contributed by atoms with Crippen molar-refractivity contribution in [2.24, 2.45) is 5.92 Å². The molecule has 1 rings (SSSR count). The van der Waals surface area contributed by atoms with Crippen LogP contribution in [0.4, 0.5) is 0 Å². The van der Waals surface area contributed by atoms with Crippen molar-refractivity contribution in [3.8, 4) is 0 Å². The molecule has 1 atom stereocenters. The van der Waals surface area contributed by atoms with Gasteiger partial charge in [-0.2, -0.15) is 0 Å². The number of likely N-dealkylation sites (N-methyl/N-ethyl adjacent to an activating group) is 1. The Kier molecular flexibility index (Phi) is 7.09. The first-order chi connectivity index (χ1) is 8.09. The Hall–Kier alpha value is -0.120. The third-order valence-corrected chi connectivity index (χ3v) is 3.54. The van der Waals surface area contributed by atoms with Crippen LogP contribution in [0.5, 0.6) is 0 Å². The van der Waals surface area contributed by atoms with Crippen LogP contribution in [0.1, 0.15) is 33.6 Å². The molecular weight excluding hydrogens is 210 g/mol. The topological polar surface area (TPSA) is 18.5 Å². The van der Waals surface area contributed by atoms with Crippen LogP contribution < -0.4 is 5.32 Å². The molecule has 0 aromatic heterocycles. The Balaban J connectivity index is 2.12. The second-order valence-electron chi connectivity index (χ2n) is 5.95. The second kappa shape index (κ2) is 8.06. The van der Waals surface area contributed by atoms with Crippen molar-refractivity contribution in [2.75, 3.05) is 46.3 Å². The fourth-order valence-corrected chi connectivity index (χ4v) is 2.55. The number of nitrogens with zero attached hydrogens (tertiary/aromatic N) is 2. The van der Waals surface area contributed by atoms with Gasteiger partial charge in [0.15, 0.2) is 0 Å². The smallest absolute Gasteiger partial charge is 0.0194 e. The van der Waals surface area contributed by atoms with Crippen LogP contribution in [-0.2, 0) is 0 Å². The number of hydrogen-bond acceptors (Lipinski definition) is 3. The first kappa shape index (κ1) is 14.9. The third-order valence-electron chi connectivity index (χ3n) is 3.54. The monoisotopic (exact) mass is 241 g/mol. The van der Waals surface area contributed by atoms with Gasteiger partial charge < -0.3 is 10.2 Å². The lowest BCUT2D eigenvalue weighted by atomic mass is 10.2. The predicted octanol–water partition coefficient (Wildman–Crippen LogP) is 1.65. The van der Waals surface area contributed by atoms with Crippen LogP contribution in [-0.4, -0.2) is 62.2 Å². The van der Waals surface area contributed by atoms with Gasteiger partial charge in [0, 0.05) is 12.6 Å². The molecule has 0 radical (unpaired) electrons. The average Bonchev–Trinajstić information content (AvgIpc) is 2.39. The van der Waals surface area contributed by atoms with Gasteiger partial charge in [-0.1, -0.05) is 13.8 Å². The van der Waals surface area contributed by atoms with E-state index in [2.05, 4.69) is 42.9 Å². The van der Waals surface area contributed by atoms with Gasteiger partial charge in [0.2, 0.25) is 0 Å². The van der Waals surface area contributed by atoms with Crippen LogP contribution in [0.25, 0.3) is 0 Å². The molecule has 1 aliphatic heterocycles. The highest BCUT2D eigenvalue weighted by atomic mass is 15.2. The molecule has 0 aromatic rings. The van der Waals surface area contributed by atoms with Crippen LogP contribution in [0, 0.1) is 5.92 Å². The second-order valence-corrected chi connectivity index (χ2v) is 5.95. The lowest BCUT2D eigenvalue weighted by molar-refractivity contribution is 0.199. The van der Waals surface area contributed by atoms with E-state index in [0.29, 0.717) is 6.04 Å². The fourth-order valence-electron chi connectivity index (χ4n) is 2.55. The molecular formula is C14H31N3. The van der Waals surface area contributed by atoms with Crippen LogP contribution in [0.3, 0.4) is 0 Å². The summed E-state index contributed by atoms with van der Waals surface area (Å²) >= 11 is 0. The van der Waals surface area contributed by atoms with Crippen molar-refractivity contribution in [3.63, 3.8) is 0 Å². The molecule has 0 aromatic carbocycles. The Morgan fingerprint density at radius 1 is 1.29 bits per heavy atom. The van der Waals surface area contributed by atoms with Crippen molar-refractivity contribution in [3.05, 3.63) is 0 Å². The molecule has 1 unspecified atom stereocenters. The minimum Gasteiger partial charge on any atom is -0.316 e. The Bertz CT molecular complexity index is 194. The molecule has 3 heteroatoms. The lowest BCUT2D eigenvalue weighted by Crippen LogP contribution is -2.39. The molecule has 3 nitrogen and oxygen atoms in total. The summed E-state index contributed by atoms with van der Waals surface area (Å²) in [4.78, 5) is 5.11. The summed E-state index contributed by atoms with van der Waals surface area (Å²) in [6, 6.07) is 0.715. The van der Waals surface area contributed by atoms with Crippen molar-refractivity contribution in [1.29, 1.82) is 0 Å². The number of nitrogens with one attached hydrogen (secondary N) is 1. The zero-order valence-electron chi connectivity index (χ0n) is 12.2. The minimum atomic E-state index is 0.715. The van der Waals surface area contributed by atoms with E-state index in [9.17, 15) is 0 Å². The van der Waals surface area contributed by atoms with E-state index in [4.69, 9.17) is 0 Å². The molecule has 1 aliphatic rings. The van der Waals surface area contributed by atoms with Gasteiger partial charge in [0.1, 0.15) is 0 Å². The highest BCUT2D eigenvalue weighted by Crippen LogP contribution is 2.08. The average molecular weight is 241 g/mol. The predicted molar refractivity (Wildman–Crippen MR) is 75.5 cm³/mol. The molecule has 0 bridgehead atoms. The number of rotatable bonds is 6. The SMILES string of the molecule is CC(C)CNCCCN1CCCN(C)CC1C. The normalized spacial score (nSPS) is 24.2. The van der Waals surface area contributed by atoms with Crippen molar-refractivity contribution in [1.82, 2.24) is 15.1 Å².